The van der Waals surface area contributed by atoms with E-state index in [1.54, 1.807) is 0 Å². The first kappa shape index (κ1) is 67.2. The zero-order chi connectivity index (χ0) is 73.9. The molecule has 0 bridgehead atoms. The van der Waals surface area contributed by atoms with Gasteiger partial charge in [0.05, 0.1) is 55.4 Å². The summed E-state index contributed by atoms with van der Waals surface area (Å²) >= 11 is 3.96. The molecule has 6 aliphatic rings. The molecule has 14 aromatic rings. The van der Waals surface area contributed by atoms with Crippen molar-refractivity contribution in [2.24, 2.45) is 0 Å². The van der Waals surface area contributed by atoms with Crippen molar-refractivity contribution in [3.8, 4) is 11.5 Å². The van der Waals surface area contributed by atoms with Gasteiger partial charge in [0.1, 0.15) is 11.5 Å². The van der Waals surface area contributed by atoms with Gasteiger partial charge in [0.2, 0.25) is 0 Å². The molecule has 12 aromatic carbocycles. The Morgan fingerprint density at radius 2 is 0.833 bits per heavy atom. The van der Waals surface area contributed by atoms with Crippen molar-refractivity contribution in [2.75, 3.05) is 24.5 Å². The number of nitrogens with zero attached hydrogens (tertiary/aromatic N) is 5. The molecular formula is C98H90BN5OS3. The summed E-state index contributed by atoms with van der Waals surface area (Å²) in [6.45, 7) is 33.1. The minimum Gasteiger partial charge on any atom is -0.458 e. The van der Waals surface area contributed by atoms with E-state index in [2.05, 4.69) is 358 Å². The summed E-state index contributed by atoms with van der Waals surface area (Å²) in [5, 5.41) is 2.54. The number of aryl methyl sites for hydroxylation is 6. The number of fused-ring (bicyclic) bond motifs is 14. The predicted molar refractivity (Wildman–Crippen MR) is 465 cm³/mol. The SMILES string of the molecule is Cc1ccccc1N(c1cc2c3c(c1)N(c1ccc4c(c1)C(C)(C)CCC4(C)C)c1c(sc4ccccc14)B3c1cc3c(cc1O2)N(c1ccccc1)c1cc(N(c2ccccc2C)c2c(C)cccc2C)cc2c1[SH]3c1sc3ccccc3c1N2c1ccc2c(c1)C(C)(C)CCC2(C)C)c1c(C)cccc1C. The molecule has 1 atom stereocenters. The van der Waals surface area contributed by atoms with Crippen LogP contribution in [0.4, 0.5) is 85.3 Å². The largest absolute Gasteiger partial charge is 0.458 e. The molecule has 20 rings (SSSR count). The molecule has 2 aliphatic carbocycles. The van der Waals surface area contributed by atoms with Gasteiger partial charge in [-0.3, -0.25) is 0 Å². The molecule has 0 fully saturated rings. The van der Waals surface area contributed by atoms with Crippen molar-refractivity contribution in [1.82, 2.24) is 0 Å². The van der Waals surface area contributed by atoms with Crippen LogP contribution in [0, 0.1) is 41.5 Å². The molecule has 534 valence electrons. The summed E-state index contributed by atoms with van der Waals surface area (Å²) in [5.74, 6) is 1.75. The molecule has 1 unspecified atom stereocenters. The zero-order valence-corrected chi connectivity index (χ0v) is 66.9. The van der Waals surface area contributed by atoms with Gasteiger partial charge in [-0.25, -0.2) is 0 Å². The number of thiophene rings is 2. The topological polar surface area (TPSA) is 25.4 Å². The van der Waals surface area contributed by atoms with Crippen molar-refractivity contribution in [1.29, 1.82) is 0 Å². The Labute approximate surface area is 648 Å². The van der Waals surface area contributed by atoms with Gasteiger partial charge in [-0.05, 0) is 240 Å². The van der Waals surface area contributed by atoms with Gasteiger partial charge >= 0.3 is 0 Å². The van der Waals surface area contributed by atoms with E-state index in [-0.39, 0.29) is 28.4 Å². The van der Waals surface area contributed by atoms with Crippen molar-refractivity contribution in [3.05, 3.63) is 292 Å². The first-order valence-corrected chi connectivity index (χ1v) is 41.7. The van der Waals surface area contributed by atoms with E-state index in [9.17, 15) is 0 Å². The minimum atomic E-state index is -1.31. The lowest BCUT2D eigenvalue weighted by atomic mass is 9.37. The first-order valence-electron chi connectivity index (χ1n) is 38.7. The van der Waals surface area contributed by atoms with Crippen LogP contribution in [0.3, 0.4) is 0 Å². The summed E-state index contributed by atoms with van der Waals surface area (Å²) in [6.07, 6.45) is 4.54. The second-order valence-corrected chi connectivity index (χ2v) is 38.6. The van der Waals surface area contributed by atoms with E-state index in [1.165, 1.54) is 151 Å². The predicted octanol–water partition coefficient (Wildman–Crippen LogP) is 27.1. The normalized spacial score (nSPS) is 17.2. The van der Waals surface area contributed by atoms with Crippen LogP contribution in [-0.4, -0.2) is 6.71 Å². The number of rotatable bonds is 9. The van der Waals surface area contributed by atoms with Crippen LogP contribution in [0.25, 0.3) is 20.2 Å². The lowest BCUT2D eigenvalue weighted by Gasteiger charge is -2.47. The summed E-state index contributed by atoms with van der Waals surface area (Å²) in [5.41, 5.74) is 32.9. The van der Waals surface area contributed by atoms with Crippen LogP contribution in [0.15, 0.2) is 251 Å². The highest BCUT2D eigenvalue weighted by Crippen LogP contribution is 2.75. The van der Waals surface area contributed by atoms with Gasteiger partial charge in [0.25, 0.3) is 6.71 Å². The number of anilines is 15. The molecule has 4 aliphatic heterocycles. The average Bonchev–Trinajstić information content (AvgIpc) is 1.26. The highest BCUT2D eigenvalue weighted by molar-refractivity contribution is 8.19. The maximum absolute atomic E-state index is 8.15. The van der Waals surface area contributed by atoms with E-state index < -0.39 is 10.9 Å². The number of para-hydroxylation sites is 5. The van der Waals surface area contributed by atoms with Crippen LogP contribution >= 0.6 is 33.6 Å². The molecule has 6 nitrogen and oxygen atoms in total. The Morgan fingerprint density at radius 3 is 1.39 bits per heavy atom. The number of benzene rings is 12. The van der Waals surface area contributed by atoms with Crippen molar-refractivity contribution in [3.63, 3.8) is 0 Å². The molecule has 0 saturated heterocycles. The Morgan fingerprint density at radius 1 is 0.380 bits per heavy atom. The van der Waals surface area contributed by atoms with Gasteiger partial charge in [-0.1, -0.05) is 195 Å². The van der Waals surface area contributed by atoms with Crippen LogP contribution in [-0.2, 0) is 21.7 Å². The fraction of sp³-hybridized carbons (Fsp3) is 0.224. The summed E-state index contributed by atoms with van der Waals surface area (Å²) in [4.78, 5) is 15.8. The van der Waals surface area contributed by atoms with E-state index in [0.29, 0.717) is 0 Å². The van der Waals surface area contributed by atoms with Crippen LogP contribution in [0.2, 0.25) is 0 Å². The van der Waals surface area contributed by atoms with Crippen molar-refractivity contribution in [2.45, 2.75) is 158 Å². The fourth-order valence-corrected chi connectivity index (χ4v) is 25.5. The lowest BCUT2D eigenvalue weighted by Crippen LogP contribution is -2.58. The van der Waals surface area contributed by atoms with Gasteiger partial charge in [0.15, 0.2) is 0 Å². The maximum Gasteiger partial charge on any atom is 0.268 e. The summed E-state index contributed by atoms with van der Waals surface area (Å²) in [6, 6.07) is 91.5. The molecule has 0 spiro atoms. The van der Waals surface area contributed by atoms with Crippen LogP contribution in [0.1, 0.15) is 137 Å². The molecule has 10 heteroatoms. The minimum absolute atomic E-state index is 0.0278. The molecule has 0 N–H and O–H groups in total. The van der Waals surface area contributed by atoms with E-state index in [4.69, 9.17) is 4.74 Å². The van der Waals surface area contributed by atoms with E-state index >= 15 is 0 Å². The monoisotopic (exact) mass is 1460 g/mol. The summed E-state index contributed by atoms with van der Waals surface area (Å²) in [7, 11) is -1.31. The molecule has 0 saturated carbocycles. The Bertz CT molecular complexity index is 6120. The maximum atomic E-state index is 8.15. The molecule has 108 heavy (non-hydrogen) atoms. The number of ether oxygens (including phenoxy) is 1. The number of thiol groups is 1. The van der Waals surface area contributed by atoms with Crippen LogP contribution < -0.4 is 44.9 Å². The Balaban J connectivity index is 0.903. The van der Waals surface area contributed by atoms with E-state index in [1.807, 2.05) is 22.7 Å². The molecule has 2 aromatic heterocycles. The third kappa shape index (κ3) is 9.97. The van der Waals surface area contributed by atoms with Crippen molar-refractivity contribution < 1.29 is 4.74 Å². The zero-order valence-electron chi connectivity index (χ0n) is 64.3. The average molecular weight is 1460 g/mol. The van der Waals surface area contributed by atoms with E-state index in [0.717, 1.165) is 77.0 Å². The van der Waals surface area contributed by atoms with Gasteiger partial charge in [-0.2, -0.15) is 10.9 Å². The molecule has 6 heterocycles. The molecule has 0 amide bonds. The molecule has 0 radical (unpaired) electrons. The Hall–Kier alpha value is -10.2. The molecular weight excluding hydrogens is 1370 g/mol. The van der Waals surface area contributed by atoms with Crippen LogP contribution in [0.5, 0.6) is 11.5 Å². The smallest absolute Gasteiger partial charge is 0.268 e. The van der Waals surface area contributed by atoms with Gasteiger partial charge in [-0.15, -0.1) is 22.7 Å². The second kappa shape index (κ2) is 24.1. The van der Waals surface area contributed by atoms with Gasteiger partial charge in [0, 0.05) is 81.0 Å². The fourth-order valence-electron chi connectivity index (χ4n) is 19.5. The quantitative estimate of drug-likeness (QED) is 0.114. The Kier molecular flexibility index (Phi) is 15.0. The second-order valence-electron chi connectivity index (χ2n) is 34.1. The highest BCUT2D eigenvalue weighted by Gasteiger charge is 2.50. The highest BCUT2D eigenvalue weighted by atomic mass is 32.2. The lowest BCUT2D eigenvalue weighted by molar-refractivity contribution is 0.332. The van der Waals surface area contributed by atoms with Gasteiger partial charge < -0.3 is 29.2 Å². The third-order valence-corrected chi connectivity index (χ3v) is 30.7. The third-order valence-electron chi connectivity index (χ3n) is 25.3. The first-order chi connectivity index (χ1) is 52.0. The standard InChI is InChI=1S/C98H90BN5OS3/c1-58-28-18-22-38-76(58)103(88-60(3)30-26-31-61(88)4)67-53-80-92-81(54-67)102(66-43-45-72-74(51-66)98(13,14)49-47-96(72,9)10)91-70-37-21-25-41-85(70)107-94(91)108(92)86-56-75-82(57-78(86)100(80)64-34-16-15-17-35-64)105-83-55-68(104(77-39-23-19-29-59(77)2)89-62(5)32-27-33-63(89)6)52-79-87(83)99(75)93-90(69-36-20-24-40-84(69)106-93)101(79)65-42-44-71-73(50-65)97(11,12)48-46-95(71,7)8/h15-45,50-57,108H,46-49H2,1-14H3. The number of hydrogen-bond acceptors (Lipinski definition) is 8. The van der Waals surface area contributed by atoms with Crippen molar-refractivity contribution >= 4 is 161 Å². The summed E-state index contributed by atoms with van der Waals surface area (Å²) < 4.78 is 13.5. The number of hydrogen-bond donors (Lipinski definition) is 1.